The lowest BCUT2D eigenvalue weighted by Gasteiger charge is -2.23. The topological polar surface area (TPSA) is 89.7 Å². The Hall–Kier alpha value is -2.97. The van der Waals surface area contributed by atoms with E-state index in [1.165, 1.54) is 11.1 Å². The molecular formula is C24H30N4O4. The Balaban J connectivity index is 1.72. The highest BCUT2D eigenvalue weighted by molar-refractivity contribution is 5.83. The van der Waals surface area contributed by atoms with Crippen LogP contribution in [0.3, 0.4) is 0 Å². The highest BCUT2D eigenvalue weighted by atomic mass is 16.5. The number of ether oxygens (including phenoxy) is 2. The Bertz CT molecular complexity index is 1100. The van der Waals surface area contributed by atoms with Crippen molar-refractivity contribution in [1.82, 2.24) is 19.9 Å². The lowest BCUT2D eigenvalue weighted by atomic mass is 9.86. The zero-order valence-corrected chi connectivity index (χ0v) is 18.9. The lowest BCUT2D eigenvalue weighted by molar-refractivity contribution is -0.137. The van der Waals surface area contributed by atoms with Crippen molar-refractivity contribution in [2.24, 2.45) is 7.05 Å². The van der Waals surface area contributed by atoms with Crippen LogP contribution in [0.4, 0.5) is 0 Å². The molecule has 1 aliphatic heterocycles. The third-order valence-corrected chi connectivity index (χ3v) is 6.17. The standard InChI is InChI=1S/C24H30N4O4/c1-16-5-6-17(11-19(16)15-28-7-4-9-32-10-8-28)20(14-23(29)30)18-12-21-24(22(13-18)31-3)27(2)26-25-21/h5-6,11-13,20H,4,7-10,14-15H2,1-3H3,(H,29,30). The first kappa shape index (κ1) is 22.2. The van der Waals surface area contributed by atoms with E-state index in [1.54, 1.807) is 11.8 Å². The fourth-order valence-corrected chi connectivity index (χ4v) is 4.41. The van der Waals surface area contributed by atoms with Gasteiger partial charge in [0, 0.05) is 39.2 Å². The van der Waals surface area contributed by atoms with Gasteiger partial charge in [-0.15, -0.1) is 5.10 Å². The largest absolute Gasteiger partial charge is 0.494 e. The van der Waals surface area contributed by atoms with Crippen LogP contribution in [0.2, 0.25) is 0 Å². The van der Waals surface area contributed by atoms with E-state index in [4.69, 9.17) is 9.47 Å². The Morgan fingerprint density at radius 3 is 2.84 bits per heavy atom. The van der Waals surface area contributed by atoms with E-state index >= 15 is 0 Å². The number of carboxylic acid groups (broad SMARTS) is 1. The van der Waals surface area contributed by atoms with Crippen LogP contribution in [-0.4, -0.2) is 64.4 Å². The van der Waals surface area contributed by atoms with Crippen LogP contribution in [0.1, 0.15) is 41.0 Å². The van der Waals surface area contributed by atoms with Crippen LogP contribution in [0.25, 0.3) is 11.0 Å². The van der Waals surface area contributed by atoms with Crippen molar-refractivity contribution < 1.29 is 19.4 Å². The molecule has 0 spiro atoms. The van der Waals surface area contributed by atoms with Gasteiger partial charge in [-0.25, -0.2) is 4.68 Å². The van der Waals surface area contributed by atoms with Crippen molar-refractivity contribution in [3.63, 3.8) is 0 Å². The average molecular weight is 439 g/mol. The van der Waals surface area contributed by atoms with Gasteiger partial charge in [-0.05, 0) is 47.7 Å². The second-order valence-corrected chi connectivity index (χ2v) is 8.38. The molecule has 0 bridgehead atoms. The normalized spacial score (nSPS) is 16.1. The smallest absolute Gasteiger partial charge is 0.304 e. The molecule has 1 fully saturated rings. The van der Waals surface area contributed by atoms with Gasteiger partial charge in [0.05, 0.1) is 20.1 Å². The molecule has 2 aromatic carbocycles. The summed E-state index contributed by atoms with van der Waals surface area (Å²) < 4.78 is 12.8. The van der Waals surface area contributed by atoms with Crippen molar-refractivity contribution >= 4 is 17.0 Å². The molecule has 8 nitrogen and oxygen atoms in total. The van der Waals surface area contributed by atoms with E-state index in [0.717, 1.165) is 55.9 Å². The minimum absolute atomic E-state index is 0.0189. The zero-order chi connectivity index (χ0) is 22.7. The molecule has 0 amide bonds. The lowest BCUT2D eigenvalue weighted by Crippen LogP contribution is -2.26. The summed E-state index contributed by atoms with van der Waals surface area (Å²) in [5.41, 5.74) is 5.73. The van der Waals surface area contributed by atoms with Crippen molar-refractivity contribution in [2.75, 3.05) is 33.4 Å². The molecule has 0 radical (unpaired) electrons. The van der Waals surface area contributed by atoms with E-state index in [9.17, 15) is 9.90 Å². The number of aliphatic carboxylic acids is 1. The average Bonchev–Trinajstić information content (AvgIpc) is 2.97. The highest BCUT2D eigenvalue weighted by Gasteiger charge is 2.22. The van der Waals surface area contributed by atoms with Crippen molar-refractivity contribution in [2.45, 2.75) is 32.2 Å². The predicted molar refractivity (Wildman–Crippen MR) is 121 cm³/mol. The fourth-order valence-electron chi connectivity index (χ4n) is 4.41. The summed E-state index contributed by atoms with van der Waals surface area (Å²) in [6.07, 6.45) is 1.01. The molecule has 0 saturated carbocycles. The summed E-state index contributed by atoms with van der Waals surface area (Å²) in [6.45, 7) is 6.40. The minimum atomic E-state index is -0.847. The van der Waals surface area contributed by atoms with E-state index in [2.05, 4.69) is 34.3 Å². The summed E-state index contributed by atoms with van der Waals surface area (Å²) in [6, 6.07) is 10.1. The molecule has 1 atom stereocenters. The van der Waals surface area contributed by atoms with Gasteiger partial charge >= 0.3 is 5.97 Å². The molecule has 0 aliphatic carbocycles. The number of carbonyl (C=O) groups is 1. The number of carboxylic acids is 1. The second kappa shape index (κ2) is 9.67. The summed E-state index contributed by atoms with van der Waals surface area (Å²) in [4.78, 5) is 14.2. The highest BCUT2D eigenvalue weighted by Crippen LogP contribution is 2.35. The van der Waals surface area contributed by atoms with Gasteiger partial charge < -0.3 is 14.6 Å². The number of benzene rings is 2. The number of hydrogen-bond donors (Lipinski definition) is 1. The molecule has 1 aromatic heterocycles. The first-order valence-electron chi connectivity index (χ1n) is 10.9. The molecule has 2 heterocycles. The van der Waals surface area contributed by atoms with Crippen LogP contribution < -0.4 is 4.74 Å². The zero-order valence-electron chi connectivity index (χ0n) is 18.9. The maximum atomic E-state index is 11.8. The van der Waals surface area contributed by atoms with Crippen LogP contribution in [0.5, 0.6) is 5.75 Å². The molecule has 3 aromatic rings. The van der Waals surface area contributed by atoms with Gasteiger partial charge in [-0.2, -0.15) is 0 Å². The number of fused-ring (bicyclic) bond motifs is 1. The van der Waals surface area contributed by atoms with Gasteiger partial charge in [0.15, 0.2) is 0 Å². The second-order valence-electron chi connectivity index (χ2n) is 8.38. The number of hydrogen-bond acceptors (Lipinski definition) is 6. The van der Waals surface area contributed by atoms with Crippen molar-refractivity contribution in [3.8, 4) is 5.75 Å². The monoisotopic (exact) mass is 438 g/mol. The molecule has 170 valence electrons. The Kier molecular flexibility index (Phi) is 6.72. The Morgan fingerprint density at radius 1 is 1.22 bits per heavy atom. The molecule has 4 rings (SSSR count). The Morgan fingerprint density at radius 2 is 2.06 bits per heavy atom. The van der Waals surface area contributed by atoms with Gasteiger partial charge in [0.25, 0.3) is 0 Å². The maximum Gasteiger partial charge on any atom is 0.304 e. The number of aryl methyl sites for hydroxylation is 2. The van der Waals surface area contributed by atoms with Crippen LogP contribution in [0, 0.1) is 6.92 Å². The third kappa shape index (κ3) is 4.76. The Labute approximate surface area is 187 Å². The van der Waals surface area contributed by atoms with E-state index < -0.39 is 5.97 Å². The SMILES string of the molecule is COc1cc(C(CC(=O)O)c2ccc(C)c(CN3CCCOCC3)c2)cc2nnn(C)c12. The van der Waals surface area contributed by atoms with E-state index in [-0.39, 0.29) is 12.3 Å². The molecule has 32 heavy (non-hydrogen) atoms. The van der Waals surface area contributed by atoms with Crippen LogP contribution in [-0.2, 0) is 23.1 Å². The minimum Gasteiger partial charge on any atom is -0.494 e. The number of aromatic nitrogens is 3. The molecule has 1 aliphatic rings. The van der Waals surface area contributed by atoms with Gasteiger partial charge in [0.1, 0.15) is 16.8 Å². The molecule has 1 N–H and O–H groups in total. The molecule has 1 saturated heterocycles. The number of rotatable bonds is 7. The van der Waals surface area contributed by atoms with Gasteiger partial charge in [0.2, 0.25) is 0 Å². The summed E-state index contributed by atoms with van der Waals surface area (Å²) in [7, 11) is 3.42. The van der Waals surface area contributed by atoms with E-state index in [0.29, 0.717) is 11.3 Å². The quantitative estimate of drug-likeness (QED) is 0.606. The fraction of sp³-hybridized carbons (Fsp3) is 0.458. The number of methoxy groups -OCH3 is 1. The third-order valence-electron chi connectivity index (χ3n) is 6.17. The first-order valence-corrected chi connectivity index (χ1v) is 10.9. The first-order chi connectivity index (χ1) is 15.5. The summed E-state index contributed by atoms with van der Waals surface area (Å²) in [5.74, 6) is -0.531. The summed E-state index contributed by atoms with van der Waals surface area (Å²) in [5, 5.41) is 18.0. The molecular weight excluding hydrogens is 408 g/mol. The van der Waals surface area contributed by atoms with Crippen LogP contribution in [0.15, 0.2) is 30.3 Å². The van der Waals surface area contributed by atoms with E-state index in [1.807, 2.05) is 25.2 Å². The molecule has 8 heteroatoms. The maximum absolute atomic E-state index is 11.8. The van der Waals surface area contributed by atoms with Gasteiger partial charge in [-0.3, -0.25) is 9.69 Å². The summed E-state index contributed by atoms with van der Waals surface area (Å²) >= 11 is 0. The number of nitrogens with zero attached hydrogens (tertiary/aromatic N) is 4. The molecule has 1 unspecified atom stereocenters. The van der Waals surface area contributed by atoms with Crippen molar-refractivity contribution in [3.05, 3.63) is 52.6 Å². The predicted octanol–water partition coefficient (Wildman–Crippen LogP) is 3.11. The van der Waals surface area contributed by atoms with Crippen molar-refractivity contribution in [1.29, 1.82) is 0 Å². The van der Waals surface area contributed by atoms with Crippen LogP contribution >= 0.6 is 0 Å². The van der Waals surface area contributed by atoms with Gasteiger partial charge in [-0.1, -0.05) is 23.4 Å².